The molecule has 4 rings (SSSR count). The molecular weight excluding hydrogens is 244 g/mol. The van der Waals surface area contributed by atoms with Crippen LogP contribution in [0.5, 0.6) is 0 Å². The van der Waals surface area contributed by atoms with Crippen LogP contribution in [0.3, 0.4) is 0 Å². The molecule has 1 N–H and O–H groups in total. The molecule has 104 valence electrons. The van der Waals surface area contributed by atoms with Gasteiger partial charge in [-0.05, 0) is 25.7 Å². The Balaban J connectivity index is 1.78. The molecule has 2 aliphatic heterocycles. The van der Waals surface area contributed by atoms with Gasteiger partial charge in [0.15, 0.2) is 0 Å². The molecule has 0 amide bonds. The van der Waals surface area contributed by atoms with E-state index in [0.717, 1.165) is 12.0 Å². The van der Waals surface area contributed by atoms with Crippen molar-refractivity contribution in [2.75, 3.05) is 0 Å². The molecule has 4 fully saturated rings. The Morgan fingerprint density at radius 2 is 2.21 bits per heavy atom. The van der Waals surface area contributed by atoms with Gasteiger partial charge in [-0.3, -0.25) is 4.79 Å². The quantitative estimate of drug-likeness (QED) is 0.407. The summed E-state index contributed by atoms with van der Waals surface area (Å²) in [6.45, 7) is 8.14. The molecule has 19 heavy (non-hydrogen) atoms. The number of carbonyl (C=O) groups is 1. The van der Waals surface area contributed by atoms with Gasteiger partial charge >= 0.3 is 5.97 Å². The Bertz CT molecular complexity index is 473. The van der Waals surface area contributed by atoms with Crippen LogP contribution in [0.25, 0.3) is 0 Å². The maximum atomic E-state index is 11.9. The lowest BCUT2D eigenvalue weighted by Crippen LogP contribution is -2.40. The van der Waals surface area contributed by atoms with Gasteiger partial charge in [0.1, 0.15) is 6.10 Å². The highest BCUT2D eigenvalue weighted by molar-refractivity contribution is 5.75. The smallest absolute Gasteiger partial charge is 0.309 e. The summed E-state index contributed by atoms with van der Waals surface area (Å²) in [6, 6.07) is 0. The van der Waals surface area contributed by atoms with E-state index in [-0.39, 0.29) is 41.5 Å². The number of ether oxygens (including phenoxy) is 2. The van der Waals surface area contributed by atoms with Crippen molar-refractivity contribution in [2.24, 2.45) is 23.7 Å². The Hall–Kier alpha value is -0.870. The molecule has 0 unspecified atom stereocenters. The highest BCUT2D eigenvalue weighted by atomic mass is 16.6. The van der Waals surface area contributed by atoms with Crippen LogP contribution >= 0.6 is 0 Å². The summed E-state index contributed by atoms with van der Waals surface area (Å²) in [5, 5.41) is 10.4. The number of epoxide rings is 1. The van der Waals surface area contributed by atoms with E-state index in [1.165, 1.54) is 0 Å². The average Bonchev–Trinajstić information content (AvgIpc) is 2.79. The van der Waals surface area contributed by atoms with Crippen LogP contribution in [0.1, 0.15) is 26.7 Å². The number of rotatable bonds is 0. The molecule has 4 heteroatoms. The van der Waals surface area contributed by atoms with Gasteiger partial charge in [-0.1, -0.05) is 19.1 Å². The summed E-state index contributed by atoms with van der Waals surface area (Å²) in [5.41, 5.74) is 0.928. The first kappa shape index (κ1) is 11.9. The molecule has 0 radical (unpaired) electrons. The number of aliphatic hydroxyl groups excluding tert-OH is 1. The molecule has 4 nitrogen and oxygen atoms in total. The number of aliphatic hydroxyl groups is 1. The van der Waals surface area contributed by atoms with E-state index in [2.05, 4.69) is 13.5 Å². The Morgan fingerprint density at radius 3 is 2.95 bits per heavy atom. The van der Waals surface area contributed by atoms with Gasteiger partial charge in [0.05, 0.1) is 23.7 Å². The van der Waals surface area contributed by atoms with E-state index in [4.69, 9.17) is 9.47 Å². The second-order valence-corrected chi connectivity index (χ2v) is 6.86. The molecular formula is C15H20O4. The summed E-state index contributed by atoms with van der Waals surface area (Å²) in [4.78, 5) is 11.9. The molecule has 2 saturated heterocycles. The van der Waals surface area contributed by atoms with Crippen LogP contribution in [0.15, 0.2) is 12.2 Å². The normalized spacial score (nSPS) is 59.0. The fourth-order valence-electron chi connectivity index (χ4n) is 4.78. The van der Waals surface area contributed by atoms with E-state index in [1.807, 2.05) is 6.92 Å². The second kappa shape index (κ2) is 3.41. The zero-order valence-electron chi connectivity index (χ0n) is 11.3. The minimum Gasteiger partial charge on any atom is -0.461 e. The molecule has 0 bridgehead atoms. The largest absolute Gasteiger partial charge is 0.461 e. The molecule has 0 aromatic heterocycles. The number of hydrogen-bond acceptors (Lipinski definition) is 4. The first-order valence-corrected chi connectivity index (χ1v) is 7.17. The summed E-state index contributed by atoms with van der Waals surface area (Å²) in [5.74, 6) is -0.0208. The summed E-state index contributed by atoms with van der Waals surface area (Å²) in [7, 11) is 0. The number of carbonyl (C=O) groups excluding carboxylic acids is 1. The van der Waals surface area contributed by atoms with Crippen LogP contribution in [-0.4, -0.2) is 35.0 Å². The minimum atomic E-state index is -0.523. The maximum absolute atomic E-state index is 11.9. The minimum absolute atomic E-state index is 0.112. The van der Waals surface area contributed by atoms with Gasteiger partial charge in [0.2, 0.25) is 0 Å². The molecule has 2 aliphatic carbocycles. The molecule has 2 heterocycles. The zero-order valence-corrected chi connectivity index (χ0v) is 11.3. The summed E-state index contributed by atoms with van der Waals surface area (Å²) in [6.07, 6.45) is 1.10. The standard InChI is InChI=1S/C15H20O4/c1-6-4-9(16)11-7(2)14(17)18-13(11)12-8(6)5-10-15(12,3)19-10/h7-13,16H,1,4-5H2,2-3H3/t7-,8+,9-,10-,11+,12+,13-,15+/m1/s1. The summed E-state index contributed by atoms with van der Waals surface area (Å²) < 4.78 is 11.4. The topological polar surface area (TPSA) is 59.1 Å². The van der Waals surface area contributed by atoms with Crippen molar-refractivity contribution in [1.29, 1.82) is 0 Å². The van der Waals surface area contributed by atoms with Gasteiger partial charge in [-0.15, -0.1) is 0 Å². The van der Waals surface area contributed by atoms with Crippen LogP contribution in [0.4, 0.5) is 0 Å². The van der Waals surface area contributed by atoms with Crippen LogP contribution in [0, 0.1) is 23.7 Å². The fourth-order valence-corrected chi connectivity index (χ4v) is 4.78. The Kier molecular flexibility index (Phi) is 2.14. The lowest BCUT2D eigenvalue weighted by molar-refractivity contribution is -0.147. The van der Waals surface area contributed by atoms with Crippen LogP contribution in [0.2, 0.25) is 0 Å². The Labute approximate surface area is 112 Å². The lowest BCUT2D eigenvalue weighted by atomic mass is 9.77. The average molecular weight is 264 g/mol. The number of esters is 1. The molecule has 2 saturated carbocycles. The SMILES string of the molecule is C=C1C[C@@H](O)[C@H]2[C@@H](OC(=O)[C@@H]2C)[C@@H]2[C@H]1C[C@H]1O[C@]21C. The third kappa shape index (κ3) is 1.34. The second-order valence-electron chi connectivity index (χ2n) is 6.86. The predicted octanol–water partition coefficient (Wildman–Crippen LogP) is 1.28. The molecule has 0 spiro atoms. The van der Waals surface area contributed by atoms with Gasteiger partial charge in [0, 0.05) is 11.8 Å². The van der Waals surface area contributed by atoms with Crippen molar-refractivity contribution in [3.63, 3.8) is 0 Å². The van der Waals surface area contributed by atoms with Crippen molar-refractivity contribution in [1.82, 2.24) is 0 Å². The third-order valence-electron chi connectivity index (χ3n) is 5.92. The van der Waals surface area contributed by atoms with Crippen LogP contribution < -0.4 is 0 Å². The third-order valence-corrected chi connectivity index (χ3v) is 5.92. The van der Waals surface area contributed by atoms with Crippen molar-refractivity contribution in [3.8, 4) is 0 Å². The Morgan fingerprint density at radius 1 is 1.47 bits per heavy atom. The molecule has 4 aliphatic rings. The predicted molar refractivity (Wildman–Crippen MR) is 67.2 cm³/mol. The van der Waals surface area contributed by atoms with E-state index in [9.17, 15) is 9.90 Å². The number of fused-ring (bicyclic) bond motifs is 5. The van der Waals surface area contributed by atoms with Crippen LogP contribution in [-0.2, 0) is 14.3 Å². The summed E-state index contributed by atoms with van der Waals surface area (Å²) >= 11 is 0. The molecule has 0 aromatic rings. The first-order chi connectivity index (χ1) is 8.93. The van der Waals surface area contributed by atoms with Crippen molar-refractivity contribution in [2.45, 2.75) is 50.6 Å². The van der Waals surface area contributed by atoms with Crippen molar-refractivity contribution in [3.05, 3.63) is 12.2 Å². The number of hydrogen-bond donors (Lipinski definition) is 1. The fraction of sp³-hybridized carbons (Fsp3) is 0.800. The first-order valence-electron chi connectivity index (χ1n) is 7.17. The van der Waals surface area contributed by atoms with E-state index < -0.39 is 6.10 Å². The van der Waals surface area contributed by atoms with Gasteiger partial charge in [-0.25, -0.2) is 0 Å². The van der Waals surface area contributed by atoms with Gasteiger partial charge in [-0.2, -0.15) is 0 Å². The monoisotopic (exact) mass is 264 g/mol. The highest BCUT2D eigenvalue weighted by Crippen LogP contribution is 2.63. The lowest BCUT2D eigenvalue weighted by Gasteiger charge is -2.31. The van der Waals surface area contributed by atoms with Crippen molar-refractivity contribution >= 4 is 5.97 Å². The molecule has 0 aromatic carbocycles. The molecule has 8 atom stereocenters. The maximum Gasteiger partial charge on any atom is 0.309 e. The highest BCUT2D eigenvalue weighted by Gasteiger charge is 2.71. The van der Waals surface area contributed by atoms with Crippen molar-refractivity contribution < 1.29 is 19.4 Å². The van der Waals surface area contributed by atoms with Gasteiger partial charge < -0.3 is 14.6 Å². The zero-order chi connectivity index (χ0) is 13.5. The van der Waals surface area contributed by atoms with Gasteiger partial charge in [0.25, 0.3) is 0 Å². The van der Waals surface area contributed by atoms with E-state index in [1.54, 1.807) is 0 Å². The van der Waals surface area contributed by atoms with E-state index >= 15 is 0 Å². The van der Waals surface area contributed by atoms with E-state index in [0.29, 0.717) is 12.3 Å².